The number of halogens is 1. The predicted octanol–water partition coefficient (Wildman–Crippen LogP) is 8.24. The molecule has 2 unspecified atom stereocenters. The average Bonchev–Trinajstić information content (AvgIpc) is 2.71. The summed E-state index contributed by atoms with van der Waals surface area (Å²) in [7, 11) is 3.75. The van der Waals surface area contributed by atoms with Gasteiger partial charge in [0.15, 0.2) is 0 Å². The molecule has 2 nitrogen and oxygen atoms in total. The lowest BCUT2D eigenvalue weighted by molar-refractivity contribution is 0.183. The van der Waals surface area contributed by atoms with Gasteiger partial charge in [-0.05, 0) is 45.7 Å². The number of aliphatic hydroxyl groups is 1. The van der Waals surface area contributed by atoms with Crippen LogP contribution in [0.2, 0.25) is 0 Å². The summed E-state index contributed by atoms with van der Waals surface area (Å²) in [5.74, 6) is 0.546. The van der Waals surface area contributed by atoms with Crippen molar-refractivity contribution in [1.82, 2.24) is 5.32 Å². The van der Waals surface area contributed by atoms with E-state index in [0.29, 0.717) is 12.5 Å². The Morgan fingerprint density at radius 1 is 0.793 bits per heavy atom. The molecule has 0 aromatic rings. The highest BCUT2D eigenvalue weighted by Gasteiger charge is 2.37. The Bertz CT molecular complexity index is 324. The van der Waals surface area contributed by atoms with E-state index in [0.717, 1.165) is 19.3 Å². The first-order valence-corrected chi connectivity index (χ1v) is 13.4. The highest BCUT2D eigenvalue weighted by Crippen LogP contribution is 2.44. The zero-order valence-corrected chi connectivity index (χ0v) is 21.0. The molecule has 0 bridgehead atoms. The molecule has 29 heavy (non-hydrogen) atoms. The minimum absolute atomic E-state index is 0.00188. The Labute approximate surface area is 189 Å². The molecule has 1 rings (SSSR count). The largest absolute Gasteiger partial charge is 0.396 e. The minimum atomic E-state index is -0.00188. The van der Waals surface area contributed by atoms with Crippen LogP contribution in [-0.4, -0.2) is 30.7 Å². The van der Waals surface area contributed by atoms with Crippen LogP contribution in [0.3, 0.4) is 0 Å². The molecule has 2 atom stereocenters. The van der Waals surface area contributed by atoms with Crippen molar-refractivity contribution < 1.29 is 5.11 Å². The number of hydrogen-bond donors (Lipinski definition) is 2. The predicted molar refractivity (Wildman–Crippen MR) is 132 cm³/mol. The van der Waals surface area contributed by atoms with Crippen LogP contribution in [0.4, 0.5) is 0 Å². The van der Waals surface area contributed by atoms with Crippen LogP contribution in [0.5, 0.6) is 0 Å². The zero-order valence-electron chi connectivity index (χ0n) is 20.3. The van der Waals surface area contributed by atoms with Gasteiger partial charge >= 0.3 is 0 Å². The number of hydrogen-bond acceptors (Lipinski definition) is 2. The Morgan fingerprint density at radius 2 is 1.24 bits per heavy atom. The van der Waals surface area contributed by atoms with Gasteiger partial charge in [0.05, 0.1) is 0 Å². The molecule has 0 aliphatic heterocycles. The quantitative estimate of drug-likeness (QED) is 0.179. The molecule has 0 saturated heterocycles. The Morgan fingerprint density at radius 3 is 1.69 bits per heavy atom. The van der Waals surface area contributed by atoms with Crippen LogP contribution in [0, 0.1) is 5.92 Å². The maximum absolute atomic E-state index is 9.29. The van der Waals surface area contributed by atoms with Crippen LogP contribution in [0.15, 0.2) is 0 Å². The van der Waals surface area contributed by atoms with Crippen molar-refractivity contribution in [2.75, 3.05) is 20.7 Å². The van der Waals surface area contributed by atoms with Gasteiger partial charge in [-0.3, -0.25) is 0 Å². The SMILES string of the molecule is CCCCCCCCCCCCCCCCC1(Cl)CCCCC1CCO.CNC. The molecule has 1 saturated carbocycles. The van der Waals surface area contributed by atoms with E-state index in [1.807, 2.05) is 14.1 Å². The topological polar surface area (TPSA) is 32.3 Å². The van der Waals surface area contributed by atoms with Gasteiger partial charge in [-0.2, -0.15) is 0 Å². The molecule has 176 valence electrons. The number of aliphatic hydroxyl groups excluding tert-OH is 1. The van der Waals surface area contributed by atoms with E-state index < -0.39 is 0 Å². The average molecular weight is 432 g/mol. The van der Waals surface area contributed by atoms with Crippen molar-refractivity contribution in [1.29, 1.82) is 0 Å². The first-order chi connectivity index (χ1) is 14.1. The molecule has 0 spiro atoms. The second-order valence-corrected chi connectivity index (χ2v) is 10.1. The maximum Gasteiger partial charge on any atom is 0.0475 e. The summed E-state index contributed by atoms with van der Waals surface area (Å²) in [5, 5.41) is 12.0. The van der Waals surface area contributed by atoms with Crippen LogP contribution < -0.4 is 5.32 Å². The molecular weight excluding hydrogens is 378 g/mol. The summed E-state index contributed by atoms with van der Waals surface area (Å²) < 4.78 is 0. The van der Waals surface area contributed by atoms with Crippen molar-refractivity contribution in [3.8, 4) is 0 Å². The fraction of sp³-hybridized carbons (Fsp3) is 1.00. The number of rotatable bonds is 17. The van der Waals surface area contributed by atoms with E-state index in [1.165, 1.54) is 109 Å². The van der Waals surface area contributed by atoms with Gasteiger partial charge in [0.25, 0.3) is 0 Å². The van der Waals surface area contributed by atoms with Crippen molar-refractivity contribution in [2.24, 2.45) is 5.92 Å². The minimum Gasteiger partial charge on any atom is -0.396 e. The van der Waals surface area contributed by atoms with Gasteiger partial charge in [-0.25, -0.2) is 0 Å². The molecule has 0 amide bonds. The third-order valence-electron chi connectivity index (χ3n) is 6.55. The summed E-state index contributed by atoms with van der Waals surface area (Å²) in [5.41, 5.74) is 0. The smallest absolute Gasteiger partial charge is 0.0475 e. The molecular formula is C26H54ClNO. The van der Waals surface area contributed by atoms with Gasteiger partial charge in [0.1, 0.15) is 0 Å². The van der Waals surface area contributed by atoms with Gasteiger partial charge in [0.2, 0.25) is 0 Å². The van der Waals surface area contributed by atoms with E-state index in [9.17, 15) is 5.11 Å². The third kappa shape index (κ3) is 16.6. The Hall–Kier alpha value is 0.210. The van der Waals surface area contributed by atoms with Crippen LogP contribution in [0.25, 0.3) is 0 Å². The van der Waals surface area contributed by atoms with E-state index in [1.54, 1.807) is 0 Å². The monoisotopic (exact) mass is 431 g/mol. The molecule has 0 aromatic heterocycles. The number of alkyl halides is 1. The highest BCUT2D eigenvalue weighted by atomic mass is 35.5. The number of nitrogens with one attached hydrogen (secondary N) is 1. The Balaban J connectivity index is 0.00000245. The van der Waals surface area contributed by atoms with Crippen molar-refractivity contribution in [3.05, 3.63) is 0 Å². The second kappa shape index (κ2) is 21.4. The summed E-state index contributed by atoms with van der Waals surface area (Å²) >= 11 is 6.96. The zero-order chi connectivity index (χ0) is 21.6. The Kier molecular flexibility index (Phi) is 21.6. The summed E-state index contributed by atoms with van der Waals surface area (Å²) in [6.07, 6.45) is 26.8. The fourth-order valence-electron chi connectivity index (χ4n) is 4.77. The van der Waals surface area contributed by atoms with Crippen LogP contribution >= 0.6 is 11.6 Å². The molecule has 3 heteroatoms. The number of unbranched alkanes of at least 4 members (excludes halogenated alkanes) is 13. The van der Waals surface area contributed by atoms with E-state index in [4.69, 9.17) is 11.6 Å². The summed E-state index contributed by atoms with van der Waals surface area (Å²) in [6, 6.07) is 0. The van der Waals surface area contributed by atoms with Gasteiger partial charge < -0.3 is 10.4 Å². The second-order valence-electron chi connectivity index (χ2n) is 9.34. The molecule has 1 aliphatic carbocycles. The van der Waals surface area contributed by atoms with Gasteiger partial charge in [0, 0.05) is 11.5 Å². The molecule has 1 fully saturated rings. The van der Waals surface area contributed by atoms with E-state index in [2.05, 4.69) is 12.2 Å². The molecule has 0 radical (unpaired) electrons. The van der Waals surface area contributed by atoms with Crippen LogP contribution in [-0.2, 0) is 0 Å². The fourth-order valence-corrected chi connectivity index (χ4v) is 5.26. The third-order valence-corrected chi connectivity index (χ3v) is 7.24. The lowest BCUT2D eigenvalue weighted by Gasteiger charge is -2.39. The van der Waals surface area contributed by atoms with Gasteiger partial charge in [-0.15, -0.1) is 11.6 Å². The lowest BCUT2D eigenvalue weighted by atomic mass is 9.74. The molecule has 2 N–H and O–H groups in total. The summed E-state index contributed by atoms with van der Waals surface area (Å²) in [6.45, 7) is 2.59. The van der Waals surface area contributed by atoms with Crippen molar-refractivity contribution in [2.45, 2.75) is 140 Å². The summed E-state index contributed by atoms with van der Waals surface area (Å²) in [4.78, 5) is -0.00188. The van der Waals surface area contributed by atoms with Crippen molar-refractivity contribution >= 4 is 11.6 Å². The maximum atomic E-state index is 9.29. The van der Waals surface area contributed by atoms with Crippen molar-refractivity contribution in [3.63, 3.8) is 0 Å². The first-order valence-electron chi connectivity index (χ1n) is 13.0. The molecule has 0 aromatic carbocycles. The molecule has 0 heterocycles. The first kappa shape index (κ1) is 29.2. The standard InChI is InChI=1S/C24H47ClO.C2H7N/c1-2-3-4-5-6-7-8-9-10-11-12-13-14-16-20-24(25)21-17-15-18-23(24)19-22-26;1-3-2/h23,26H,2-22H2,1H3;3H,1-2H3. The van der Waals surface area contributed by atoms with E-state index in [-0.39, 0.29) is 4.87 Å². The lowest BCUT2D eigenvalue weighted by Crippen LogP contribution is -2.35. The van der Waals surface area contributed by atoms with Gasteiger partial charge in [-0.1, -0.05) is 110 Å². The molecule has 1 aliphatic rings. The highest BCUT2D eigenvalue weighted by molar-refractivity contribution is 6.24. The normalized spacial score (nSPS) is 21.6. The van der Waals surface area contributed by atoms with Crippen LogP contribution in [0.1, 0.15) is 135 Å². The van der Waals surface area contributed by atoms with E-state index >= 15 is 0 Å².